The van der Waals surface area contributed by atoms with E-state index in [1.165, 1.54) is 6.26 Å². The number of aromatic carboxylic acids is 1. The van der Waals surface area contributed by atoms with Gasteiger partial charge in [0, 0.05) is 31.9 Å². The molecule has 1 amide bonds. The second-order valence-electron chi connectivity index (χ2n) is 6.02. The summed E-state index contributed by atoms with van der Waals surface area (Å²) in [6.07, 6.45) is 3.13. The highest BCUT2D eigenvalue weighted by Gasteiger charge is 2.25. The number of nitrogens with zero attached hydrogens (tertiary/aromatic N) is 3. The molecule has 132 valence electrons. The van der Waals surface area contributed by atoms with Gasteiger partial charge in [-0.1, -0.05) is 13.3 Å². The van der Waals surface area contributed by atoms with Crippen LogP contribution in [-0.4, -0.2) is 53.0 Å². The van der Waals surface area contributed by atoms with E-state index in [9.17, 15) is 14.7 Å². The Labute approximate surface area is 145 Å². The summed E-state index contributed by atoms with van der Waals surface area (Å²) in [5, 5.41) is 9.31. The van der Waals surface area contributed by atoms with Gasteiger partial charge in [-0.3, -0.25) is 4.79 Å². The highest BCUT2D eigenvalue weighted by molar-refractivity contribution is 5.91. The van der Waals surface area contributed by atoms with Crippen molar-refractivity contribution in [2.45, 2.75) is 19.8 Å². The Hall–Kier alpha value is -2.83. The summed E-state index contributed by atoms with van der Waals surface area (Å²) >= 11 is 0. The van der Waals surface area contributed by atoms with Gasteiger partial charge < -0.3 is 19.3 Å². The first-order chi connectivity index (χ1) is 12.1. The van der Waals surface area contributed by atoms with Crippen molar-refractivity contribution in [1.82, 2.24) is 9.88 Å². The Balaban J connectivity index is 1.72. The number of amides is 1. The van der Waals surface area contributed by atoms with Gasteiger partial charge >= 0.3 is 5.97 Å². The van der Waals surface area contributed by atoms with Gasteiger partial charge in [0.25, 0.3) is 5.91 Å². The molecule has 0 spiro atoms. The molecule has 1 saturated heterocycles. The number of furan rings is 1. The zero-order valence-corrected chi connectivity index (χ0v) is 14.1. The van der Waals surface area contributed by atoms with Crippen LogP contribution >= 0.6 is 0 Å². The molecule has 0 saturated carbocycles. The molecule has 25 heavy (non-hydrogen) atoms. The van der Waals surface area contributed by atoms with Crippen molar-refractivity contribution >= 4 is 17.7 Å². The van der Waals surface area contributed by atoms with E-state index in [1.807, 2.05) is 11.8 Å². The Kier molecular flexibility index (Phi) is 5.02. The zero-order valence-electron chi connectivity index (χ0n) is 14.1. The summed E-state index contributed by atoms with van der Waals surface area (Å²) in [7, 11) is 0. The first-order valence-corrected chi connectivity index (χ1v) is 8.40. The normalized spacial score (nSPS) is 14.6. The van der Waals surface area contributed by atoms with Crippen molar-refractivity contribution in [3.05, 3.63) is 47.5 Å². The van der Waals surface area contributed by atoms with Gasteiger partial charge in [-0.2, -0.15) is 0 Å². The summed E-state index contributed by atoms with van der Waals surface area (Å²) in [6.45, 7) is 4.33. The third-order valence-corrected chi connectivity index (χ3v) is 4.24. The number of hydrogen-bond acceptors (Lipinski definition) is 5. The first-order valence-electron chi connectivity index (χ1n) is 8.40. The lowest BCUT2D eigenvalue weighted by Gasteiger charge is -2.35. The molecule has 3 rings (SSSR count). The van der Waals surface area contributed by atoms with Gasteiger partial charge in [0.05, 0.1) is 11.8 Å². The fourth-order valence-corrected chi connectivity index (χ4v) is 2.94. The van der Waals surface area contributed by atoms with E-state index in [2.05, 4.69) is 4.98 Å². The van der Waals surface area contributed by atoms with Crippen molar-refractivity contribution in [3.8, 4) is 0 Å². The highest BCUT2D eigenvalue weighted by Crippen LogP contribution is 2.19. The molecule has 2 aromatic heterocycles. The van der Waals surface area contributed by atoms with Gasteiger partial charge in [-0.05, 0) is 30.7 Å². The third-order valence-electron chi connectivity index (χ3n) is 4.24. The summed E-state index contributed by atoms with van der Waals surface area (Å²) in [5.41, 5.74) is 1.04. The number of carbonyl (C=O) groups excluding carboxylic acids is 1. The largest absolute Gasteiger partial charge is 0.478 e. The number of carboxylic acid groups (broad SMARTS) is 1. The maximum absolute atomic E-state index is 12.3. The Morgan fingerprint density at radius 1 is 1.24 bits per heavy atom. The minimum Gasteiger partial charge on any atom is -0.478 e. The van der Waals surface area contributed by atoms with E-state index in [1.54, 1.807) is 29.2 Å². The number of rotatable bonds is 5. The van der Waals surface area contributed by atoms with Crippen LogP contribution in [0.1, 0.15) is 40.0 Å². The summed E-state index contributed by atoms with van der Waals surface area (Å²) in [4.78, 5) is 32.0. The van der Waals surface area contributed by atoms with E-state index in [-0.39, 0.29) is 11.5 Å². The van der Waals surface area contributed by atoms with Gasteiger partial charge in [-0.25, -0.2) is 9.78 Å². The molecule has 0 bridgehead atoms. The van der Waals surface area contributed by atoms with Crippen LogP contribution in [0.15, 0.2) is 34.9 Å². The predicted molar refractivity (Wildman–Crippen MR) is 92.0 cm³/mol. The molecular formula is C18H21N3O4. The van der Waals surface area contributed by atoms with E-state index < -0.39 is 5.97 Å². The third kappa shape index (κ3) is 3.81. The molecule has 0 aromatic carbocycles. The van der Waals surface area contributed by atoms with Gasteiger partial charge in [0.1, 0.15) is 5.82 Å². The smallest absolute Gasteiger partial charge is 0.335 e. The van der Waals surface area contributed by atoms with E-state index in [4.69, 9.17) is 4.42 Å². The molecule has 1 aliphatic rings. The lowest BCUT2D eigenvalue weighted by Crippen LogP contribution is -2.49. The topological polar surface area (TPSA) is 86.9 Å². The maximum atomic E-state index is 12.3. The molecule has 2 aromatic rings. The molecule has 7 nitrogen and oxygen atoms in total. The number of hydrogen-bond donors (Lipinski definition) is 1. The van der Waals surface area contributed by atoms with Crippen LogP contribution in [0, 0.1) is 0 Å². The predicted octanol–water partition coefficient (Wildman–Crippen LogP) is 2.29. The van der Waals surface area contributed by atoms with Crippen molar-refractivity contribution in [2.24, 2.45) is 0 Å². The fourth-order valence-electron chi connectivity index (χ4n) is 2.94. The average Bonchev–Trinajstić information content (AvgIpc) is 3.16. The number of aryl methyl sites for hydroxylation is 1. The number of piperazine rings is 1. The lowest BCUT2D eigenvalue weighted by atomic mass is 10.1. The van der Waals surface area contributed by atoms with E-state index in [0.717, 1.165) is 18.5 Å². The maximum Gasteiger partial charge on any atom is 0.335 e. The number of carboxylic acids is 1. The molecule has 7 heteroatoms. The standard InChI is InChI=1S/C18H21N3O4/c1-2-4-14-11-13(18(23)24)12-16(19-14)20-6-8-21(9-7-20)17(22)15-5-3-10-25-15/h3,5,10-12H,2,4,6-9H2,1H3,(H,23,24). The summed E-state index contributed by atoms with van der Waals surface area (Å²) in [6, 6.07) is 6.58. The first kappa shape index (κ1) is 17.0. The van der Waals surface area contributed by atoms with Crippen LogP contribution in [0.2, 0.25) is 0 Å². The van der Waals surface area contributed by atoms with E-state index >= 15 is 0 Å². The summed E-state index contributed by atoms with van der Waals surface area (Å²) in [5.74, 6) is -0.0747. The van der Waals surface area contributed by atoms with Crippen LogP contribution in [0.4, 0.5) is 5.82 Å². The number of pyridine rings is 1. The molecule has 1 fully saturated rings. The van der Waals surface area contributed by atoms with Crippen molar-refractivity contribution in [2.75, 3.05) is 31.1 Å². The van der Waals surface area contributed by atoms with Gasteiger partial charge in [0.2, 0.25) is 0 Å². The molecule has 0 radical (unpaired) electrons. The Bertz CT molecular complexity index is 750. The van der Waals surface area contributed by atoms with Gasteiger partial charge in [-0.15, -0.1) is 0 Å². The number of carbonyl (C=O) groups is 2. The second-order valence-corrected chi connectivity index (χ2v) is 6.02. The van der Waals surface area contributed by atoms with Crippen LogP contribution in [-0.2, 0) is 6.42 Å². The highest BCUT2D eigenvalue weighted by atomic mass is 16.4. The molecule has 0 unspecified atom stereocenters. The molecule has 1 aliphatic heterocycles. The number of anilines is 1. The molecule has 3 heterocycles. The molecule has 1 N–H and O–H groups in total. The lowest BCUT2D eigenvalue weighted by molar-refractivity contribution is 0.0694. The summed E-state index contributed by atoms with van der Waals surface area (Å²) < 4.78 is 5.16. The van der Waals surface area contributed by atoms with Crippen LogP contribution in [0.5, 0.6) is 0 Å². The Morgan fingerprint density at radius 2 is 2.00 bits per heavy atom. The minimum atomic E-state index is -0.951. The monoisotopic (exact) mass is 343 g/mol. The zero-order chi connectivity index (χ0) is 17.8. The van der Waals surface area contributed by atoms with Gasteiger partial charge in [0.15, 0.2) is 5.76 Å². The second kappa shape index (κ2) is 7.38. The minimum absolute atomic E-state index is 0.122. The van der Waals surface area contributed by atoms with Crippen LogP contribution in [0.25, 0.3) is 0 Å². The Morgan fingerprint density at radius 3 is 2.60 bits per heavy atom. The quantitative estimate of drug-likeness (QED) is 0.896. The van der Waals surface area contributed by atoms with Crippen molar-refractivity contribution < 1.29 is 19.1 Å². The van der Waals surface area contributed by atoms with Crippen LogP contribution in [0.3, 0.4) is 0 Å². The molecule has 0 atom stereocenters. The number of aromatic nitrogens is 1. The molecule has 0 aliphatic carbocycles. The fraction of sp³-hybridized carbons (Fsp3) is 0.389. The van der Waals surface area contributed by atoms with Crippen LogP contribution < -0.4 is 4.90 Å². The van der Waals surface area contributed by atoms with Crippen molar-refractivity contribution in [3.63, 3.8) is 0 Å². The van der Waals surface area contributed by atoms with E-state index in [0.29, 0.717) is 37.8 Å². The van der Waals surface area contributed by atoms with Crippen molar-refractivity contribution in [1.29, 1.82) is 0 Å². The SMILES string of the molecule is CCCc1cc(C(=O)O)cc(N2CCN(C(=O)c3ccco3)CC2)n1. The molecular weight excluding hydrogens is 322 g/mol. The average molecular weight is 343 g/mol.